The van der Waals surface area contributed by atoms with Gasteiger partial charge < -0.3 is 10.2 Å². The lowest BCUT2D eigenvalue weighted by Gasteiger charge is -2.35. The molecule has 0 spiro atoms. The quantitative estimate of drug-likeness (QED) is 0.844. The molecule has 2 amide bonds. The summed E-state index contributed by atoms with van der Waals surface area (Å²) in [5, 5.41) is 11.1. The van der Waals surface area contributed by atoms with E-state index < -0.39 is 6.04 Å². The minimum atomic E-state index is -0.644. The van der Waals surface area contributed by atoms with E-state index in [4.69, 9.17) is 0 Å². The molecule has 1 aromatic carbocycles. The highest BCUT2D eigenvalue weighted by Crippen LogP contribution is 2.28. The number of rotatable bonds is 5. The summed E-state index contributed by atoms with van der Waals surface area (Å²) in [4.78, 5) is 27.9. The van der Waals surface area contributed by atoms with Crippen molar-refractivity contribution in [2.45, 2.75) is 77.0 Å². The van der Waals surface area contributed by atoms with Crippen molar-refractivity contribution in [1.29, 1.82) is 0 Å². The molecular weight excluding hydrogens is 366 g/mol. The average molecular weight is 396 g/mol. The first kappa shape index (κ1) is 19.6. The van der Waals surface area contributed by atoms with Gasteiger partial charge in [-0.3, -0.25) is 9.59 Å². The van der Waals surface area contributed by atoms with Crippen LogP contribution in [0, 0.1) is 0 Å². The van der Waals surface area contributed by atoms with Crippen molar-refractivity contribution < 1.29 is 9.59 Å². The Bertz CT molecular complexity index is 868. The first-order valence-corrected chi connectivity index (χ1v) is 10.6. The SMILES string of the molecule is CC(C)c1ccc(C(C(=O)NC2CCCCC2)N2Cc3cnnn3CC2=O)cc1. The zero-order valence-corrected chi connectivity index (χ0v) is 17.2. The number of nitrogens with one attached hydrogen (secondary N) is 1. The molecule has 2 heterocycles. The van der Waals surface area contributed by atoms with Crippen LogP contribution in [0.5, 0.6) is 0 Å². The molecule has 1 atom stereocenters. The summed E-state index contributed by atoms with van der Waals surface area (Å²) >= 11 is 0. The maximum absolute atomic E-state index is 13.4. The Morgan fingerprint density at radius 2 is 1.76 bits per heavy atom. The fraction of sp³-hybridized carbons (Fsp3) is 0.545. The lowest BCUT2D eigenvalue weighted by atomic mass is 9.94. The van der Waals surface area contributed by atoms with Crippen molar-refractivity contribution in [3.8, 4) is 0 Å². The molecule has 7 heteroatoms. The zero-order valence-electron chi connectivity index (χ0n) is 17.2. The van der Waals surface area contributed by atoms with Crippen LogP contribution in [0.2, 0.25) is 0 Å². The van der Waals surface area contributed by atoms with Gasteiger partial charge in [-0.15, -0.1) is 5.10 Å². The molecule has 2 aromatic rings. The molecule has 2 aliphatic rings. The van der Waals surface area contributed by atoms with Crippen LogP contribution in [0.25, 0.3) is 0 Å². The van der Waals surface area contributed by atoms with Gasteiger partial charge >= 0.3 is 0 Å². The fourth-order valence-electron chi connectivity index (χ4n) is 4.31. The van der Waals surface area contributed by atoms with Crippen LogP contribution in [0.1, 0.15) is 74.7 Å². The highest BCUT2D eigenvalue weighted by atomic mass is 16.2. The number of benzene rings is 1. The molecule has 154 valence electrons. The lowest BCUT2D eigenvalue weighted by molar-refractivity contribution is -0.144. The molecule has 0 saturated heterocycles. The Morgan fingerprint density at radius 3 is 2.45 bits per heavy atom. The second-order valence-electron chi connectivity index (χ2n) is 8.47. The van der Waals surface area contributed by atoms with E-state index in [2.05, 4.69) is 41.6 Å². The first-order valence-electron chi connectivity index (χ1n) is 10.6. The third-order valence-corrected chi connectivity index (χ3v) is 6.07. The number of amides is 2. The van der Waals surface area contributed by atoms with Crippen molar-refractivity contribution in [3.05, 3.63) is 47.3 Å². The summed E-state index contributed by atoms with van der Waals surface area (Å²) in [6.45, 7) is 4.74. The van der Waals surface area contributed by atoms with Crippen LogP contribution < -0.4 is 5.32 Å². The molecular formula is C22H29N5O2. The van der Waals surface area contributed by atoms with E-state index in [-0.39, 0.29) is 24.4 Å². The Hall–Kier alpha value is -2.70. The third kappa shape index (κ3) is 4.18. The molecule has 4 rings (SSSR count). The van der Waals surface area contributed by atoms with E-state index in [1.807, 2.05) is 12.1 Å². The van der Waals surface area contributed by atoms with Gasteiger partial charge in [0, 0.05) is 6.04 Å². The van der Waals surface area contributed by atoms with Crippen molar-refractivity contribution in [3.63, 3.8) is 0 Å². The highest BCUT2D eigenvalue weighted by Gasteiger charge is 2.36. The topological polar surface area (TPSA) is 80.1 Å². The summed E-state index contributed by atoms with van der Waals surface area (Å²) in [7, 11) is 0. The summed E-state index contributed by atoms with van der Waals surface area (Å²) in [6.07, 6.45) is 7.20. The summed E-state index contributed by atoms with van der Waals surface area (Å²) in [6, 6.07) is 7.63. The molecule has 1 fully saturated rings. The van der Waals surface area contributed by atoms with E-state index in [1.165, 1.54) is 12.0 Å². The van der Waals surface area contributed by atoms with Gasteiger partial charge in [-0.1, -0.05) is 62.6 Å². The Morgan fingerprint density at radius 1 is 1.07 bits per heavy atom. The molecule has 0 radical (unpaired) electrons. The molecule has 1 saturated carbocycles. The second kappa shape index (κ2) is 8.35. The van der Waals surface area contributed by atoms with E-state index in [0.717, 1.165) is 36.9 Å². The fourth-order valence-corrected chi connectivity index (χ4v) is 4.31. The van der Waals surface area contributed by atoms with Gasteiger partial charge in [0.15, 0.2) is 0 Å². The maximum Gasteiger partial charge on any atom is 0.247 e. The number of carbonyl (C=O) groups excluding carboxylic acids is 2. The smallest absolute Gasteiger partial charge is 0.247 e. The Labute approximate surface area is 171 Å². The van der Waals surface area contributed by atoms with Crippen molar-refractivity contribution in [1.82, 2.24) is 25.2 Å². The predicted molar refractivity (Wildman–Crippen MR) is 109 cm³/mol. The van der Waals surface area contributed by atoms with Gasteiger partial charge in [-0.2, -0.15) is 0 Å². The van der Waals surface area contributed by atoms with Gasteiger partial charge in [0.05, 0.1) is 18.4 Å². The number of hydrogen-bond acceptors (Lipinski definition) is 4. The molecule has 1 unspecified atom stereocenters. The van der Waals surface area contributed by atoms with Crippen LogP contribution in [-0.4, -0.2) is 37.7 Å². The van der Waals surface area contributed by atoms with Gasteiger partial charge in [0.1, 0.15) is 12.6 Å². The largest absolute Gasteiger partial charge is 0.351 e. The highest BCUT2D eigenvalue weighted by molar-refractivity contribution is 5.89. The monoisotopic (exact) mass is 395 g/mol. The van der Waals surface area contributed by atoms with E-state index >= 15 is 0 Å². The van der Waals surface area contributed by atoms with Gasteiger partial charge in [0.2, 0.25) is 11.8 Å². The molecule has 1 N–H and O–H groups in total. The molecule has 0 bridgehead atoms. The normalized spacial score (nSPS) is 18.6. The molecule has 1 aliphatic heterocycles. The lowest BCUT2D eigenvalue weighted by Crippen LogP contribution is -2.49. The van der Waals surface area contributed by atoms with Gasteiger partial charge in [-0.25, -0.2) is 4.68 Å². The molecule has 7 nitrogen and oxygen atoms in total. The van der Waals surface area contributed by atoms with Gasteiger partial charge in [-0.05, 0) is 29.9 Å². The molecule has 1 aromatic heterocycles. The number of aromatic nitrogens is 3. The number of carbonyl (C=O) groups is 2. The number of nitrogens with zero attached hydrogens (tertiary/aromatic N) is 4. The van der Waals surface area contributed by atoms with E-state index in [1.54, 1.807) is 15.8 Å². The van der Waals surface area contributed by atoms with Crippen molar-refractivity contribution in [2.75, 3.05) is 0 Å². The predicted octanol–water partition coefficient (Wildman–Crippen LogP) is 2.93. The molecule has 1 aliphatic carbocycles. The Kier molecular flexibility index (Phi) is 5.65. The van der Waals surface area contributed by atoms with Crippen LogP contribution in [0.15, 0.2) is 30.5 Å². The van der Waals surface area contributed by atoms with E-state index in [9.17, 15) is 9.59 Å². The van der Waals surface area contributed by atoms with Gasteiger partial charge in [0.25, 0.3) is 0 Å². The minimum absolute atomic E-state index is 0.0940. The first-order chi connectivity index (χ1) is 14.0. The minimum Gasteiger partial charge on any atom is -0.351 e. The third-order valence-electron chi connectivity index (χ3n) is 6.07. The van der Waals surface area contributed by atoms with E-state index in [0.29, 0.717) is 12.5 Å². The molecule has 29 heavy (non-hydrogen) atoms. The maximum atomic E-state index is 13.4. The van der Waals surface area contributed by atoms with Crippen molar-refractivity contribution >= 4 is 11.8 Å². The number of hydrogen-bond donors (Lipinski definition) is 1. The standard InChI is InChI=1S/C22H29N5O2/c1-15(2)16-8-10-17(11-9-16)21(22(29)24-18-6-4-3-5-7-18)26-13-19-12-23-25-27(19)14-20(26)28/h8-12,15,18,21H,3-7,13-14H2,1-2H3,(H,24,29). The van der Waals surface area contributed by atoms with Crippen molar-refractivity contribution in [2.24, 2.45) is 0 Å². The second-order valence-corrected chi connectivity index (χ2v) is 8.47. The average Bonchev–Trinajstić information content (AvgIpc) is 3.16. The number of fused-ring (bicyclic) bond motifs is 1. The summed E-state index contributed by atoms with van der Waals surface area (Å²) in [5.74, 6) is 0.207. The van der Waals surface area contributed by atoms with Crippen LogP contribution in [0.4, 0.5) is 0 Å². The van der Waals surface area contributed by atoms with Crippen LogP contribution >= 0.6 is 0 Å². The van der Waals surface area contributed by atoms with Crippen LogP contribution in [-0.2, 0) is 22.7 Å². The summed E-state index contributed by atoms with van der Waals surface area (Å²) in [5.41, 5.74) is 2.91. The summed E-state index contributed by atoms with van der Waals surface area (Å²) < 4.78 is 1.61. The Balaban J connectivity index is 1.63. The van der Waals surface area contributed by atoms with Crippen LogP contribution in [0.3, 0.4) is 0 Å². The zero-order chi connectivity index (χ0) is 20.4.